The summed E-state index contributed by atoms with van der Waals surface area (Å²) in [5, 5.41) is 9.33. The van der Waals surface area contributed by atoms with Gasteiger partial charge in [-0.15, -0.1) is 0 Å². The molecule has 4 fully saturated rings. The van der Waals surface area contributed by atoms with Crippen LogP contribution in [0.15, 0.2) is 0 Å². The summed E-state index contributed by atoms with van der Waals surface area (Å²) in [5.74, 6) is 0.718. The third-order valence-corrected chi connectivity index (χ3v) is 5.93. The summed E-state index contributed by atoms with van der Waals surface area (Å²) in [6, 6.07) is -0.639. The molecule has 4 bridgehead atoms. The lowest BCUT2D eigenvalue weighted by Gasteiger charge is -2.63. The van der Waals surface area contributed by atoms with Gasteiger partial charge in [0, 0.05) is 0 Å². The van der Waals surface area contributed by atoms with Gasteiger partial charge in [-0.05, 0) is 67.6 Å². The summed E-state index contributed by atoms with van der Waals surface area (Å²) >= 11 is 0. The smallest absolute Gasteiger partial charge is 0.321 e. The summed E-state index contributed by atoms with van der Waals surface area (Å²) in [4.78, 5) is 11.4. The molecule has 0 amide bonds. The molecule has 4 aliphatic rings. The lowest BCUT2D eigenvalue weighted by molar-refractivity contribution is -0.158. The monoisotopic (exact) mass is 251 g/mol. The van der Waals surface area contributed by atoms with Gasteiger partial charge in [0.05, 0.1) is 0 Å². The molecular formula is C15H25NO2. The van der Waals surface area contributed by atoms with Crippen LogP contribution < -0.4 is 5.73 Å². The van der Waals surface area contributed by atoms with E-state index in [1.54, 1.807) is 0 Å². The maximum atomic E-state index is 11.4. The van der Waals surface area contributed by atoms with Crippen molar-refractivity contribution in [3.63, 3.8) is 0 Å². The van der Waals surface area contributed by atoms with Crippen molar-refractivity contribution in [3.05, 3.63) is 0 Å². The third-order valence-electron chi connectivity index (χ3n) is 5.93. The number of carboxylic acids is 1. The summed E-state index contributed by atoms with van der Waals surface area (Å²) in [5.41, 5.74) is 6.43. The van der Waals surface area contributed by atoms with Crippen LogP contribution in [0, 0.1) is 22.7 Å². The van der Waals surface area contributed by atoms with Crippen molar-refractivity contribution in [2.24, 2.45) is 28.4 Å². The minimum Gasteiger partial charge on any atom is -0.480 e. The van der Waals surface area contributed by atoms with E-state index in [1.165, 1.54) is 32.1 Å². The zero-order valence-electron chi connectivity index (χ0n) is 11.3. The van der Waals surface area contributed by atoms with Crippen LogP contribution in [0.4, 0.5) is 0 Å². The van der Waals surface area contributed by atoms with Gasteiger partial charge in [-0.1, -0.05) is 13.3 Å². The van der Waals surface area contributed by atoms with Crippen LogP contribution in [0.1, 0.15) is 58.3 Å². The molecule has 0 heterocycles. The van der Waals surface area contributed by atoms with E-state index in [4.69, 9.17) is 5.73 Å². The number of hydrogen-bond donors (Lipinski definition) is 2. The van der Waals surface area contributed by atoms with Gasteiger partial charge >= 0.3 is 5.97 Å². The van der Waals surface area contributed by atoms with Crippen molar-refractivity contribution >= 4 is 5.97 Å². The first-order chi connectivity index (χ1) is 8.49. The van der Waals surface area contributed by atoms with Crippen molar-refractivity contribution < 1.29 is 9.90 Å². The van der Waals surface area contributed by atoms with Crippen molar-refractivity contribution in [1.29, 1.82) is 0 Å². The number of carboxylic acid groups (broad SMARTS) is 1. The second-order valence-corrected chi connectivity index (χ2v) is 7.39. The number of carbonyl (C=O) groups is 1. The second-order valence-electron chi connectivity index (χ2n) is 7.39. The number of rotatable bonds is 4. The summed E-state index contributed by atoms with van der Waals surface area (Å²) in [6.07, 6.45) is 9.72. The fourth-order valence-electron chi connectivity index (χ4n) is 5.97. The quantitative estimate of drug-likeness (QED) is 0.807. The molecular weight excluding hydrogens is 226 g/mol. The average Bonchev–Trinajstić information content (AvgIpc) is 2.25. The zero-order chi connectivity index (χ0) is 13.0. The molecule has 3 unspecified atom stereocenters. The first-order valence-corrected chi connectivity index (χ1v) is 7.47. The topological polar surface area (TPSA) is 63.3 Å². The van der Waals surface area contributed by atoms with E-state index in [0.29, 0.717) is 5.41 Å². The van der Waals surface area contributed by atoms with E-state index in [9.17, 15) is 9.90 Å². The Morgan fingerprint density at radius 3 is 2.44 bits per heavy atom. The highest BCUT2D eigenvalue weighted by Crippen LogP contribution is 2.67. The van der Waals surface area contributed by atoms with Gasteiger partial charge in [0.25, 0.3) is 0 Å². The van der Waals surface area contributed by atoms with Crippen LogP contribution in [-0.2, 0) is 4.79 Å². The van der Waals surface area contributed by atoms with E-state index in [0.717, 1.165) is 31.1 Å². The molecule has 0 radical (unpaired) electrons. The van der Waals surface area contributed by atoms with Crippen molar-refractivity contribution in [2.45, 2.75) is 64.3 Å². The van der Waals surface area contributed by atoms with Gasteiger partial charge in [0.15, 0.2) is 0 Å². The van der Waals surface area contributed by atoms with Crippen LogP contribution >= 0.6 is 0 Å². The molecule has 0 aliphatic heterocycles. The molecule has 18 heavy (non-hydrogen) atoms. The SMILES string of the molecule is CCCC12CC3CC(C1)CC(C(N)C(=O)O)(C3)C2. The predicted octanol–water partition coefficient (Wildman–Crippen LogP) is 2.79. The van der Waals surface area contributed by atoms with Crippen molar-refractivity contribution in [1.82, 2.24) is 0 Å². The predicted molar refractivity (Wildman–Crippen MR) is 70.1 cm³/mol. The normalized spacial score (nSPS) is 47.2. The van der Waals surface area contributed by atoms with Gasteiger partial charge in [-0.2, -0.15) is 0 Å². The minimum absolute atomic E-state index is 0.0783. The van der Waals surface area contributed by atoms with Crippen LogP contribution in [0.5, 0.6) is 0 Å². The highest BCUT2D eigenvalue weighted by atomic mass is 16.4. The van der Waals surface area contributed by atoms with E-state index in [-0.39, 0.29) is 5.41 Å². The zero-order valence-corrected chi connectivity index (χ0v) is 11.3. The third kappa shape index (κ3) is 1.70. The maximum absolute atomic E-state index is 11.4. The first-order valence-electron chi connectivity index (χ1n) is 7.47. The molecule has 3 atom stereocenters. The Bertz CT molecular complexity index is 352. The fourth-order valence-corrected chi connectivity index (χ4v) is 5.97. The summed E-state index contributed by atoms with van der Waals surface area (Å²) in [6.45, 7) is 2.25. The molecule has 0 saturated heterocycles. The van der Waals surface area contributed by atoms with Gasteiger partial charge < -0.3 is 10.8 Å². The first kappa shape index (κ1) is 12.5. The number of hydrogen-bond acceptors (Lipinski definition) is 2. The van der Waals surface area contributed by atoms with Crippen molar-refractivity contribution in [2.75, 3.05) is 0 Å². The molecule has 3 nitrogen and oxygen atoms in total. The lowest BCUT2D eigenvalue weighted by Crippen LogP contribution is -2.60. The van der Waals surface area contributed by atoms with Crippen molar-refractivity contribution in [3.8, 4) is 0 Å². The Kier molecular flexibility index (Phi) is 2.74. The Hall–Kier alpha value is -0.570. The number of aliphatic carboxylic acids is 1. The molecule has 3 heteroatoms. The van der Waals surface area contributed by atoms with Crippen LogP contribution in [0.3, 0.4) is 0 Å². The highest BCUT2D eigenvalue weighted by Gasteiger charge is 2.60. The molecule has 4 aliphatic carbocycles. The molecule has 4 saturated carbocycles. The molecule has 4 rings (SSSR count). The average molecular weight is 251 g/mol. The van der Waals surface area contributed by atoms with E-state index >= 15 is 0 Å². The maximum Gasteiger partial charge on any atom is 0.321 e. The van der Waals surface area contributed by atoms with E-state index in [1.807, 2.05) is 0 Å². The number of nitrogens with two attached hydrogens (primary N) is 1. The molecule has 0 aromatic rings. The Morgan fingerprint density at radius 1 is 1.33 bits per heavy atom. The van der Waals surface area contributed by atoms with Gasteiger partial charge in [-0.3, -0.25) is 4.79 Å². The second kappa shape index (κ2) is 3.96. The summed E-state index contributed by atoms with van der Waals surface area (Å²) in [7, 11) is 0. The molecule has 0 aromatic carbocycles. The van der Waals surface area contributed by atoms with Crippen LogP contribution in [-0.4, -0.2) is 17.1 Å². The Morgan fingerprint density at radius 2 is 1.94 bits per heavy atom. The lowest BCUT2D eigenvalue weighted by atomic mass is 9.42. The summed E-state index contributed by atoms with van der Waals surface area (Å²) < 4.78 is 0. The van der Waals surface area contributed by atoms with E-state index in [2.05, 4.69) is 6.92 Å². The van der Waals surface area contributed by atoms with Crippen LogP contribution in [0.2, 0.25) is 0 Å². The van der Waals surface area contributed by atoms with Gasteiger partial charge in [0.2, 0.25) is 0 Å². The molecule has 0 spiro atoms. The van der Waals surface area contributed by atoms with E-state index < -0.39 is 12.0 Å². The Labute approximate surface area is 109 Å². The van der Waals surface area contributed by atoms with Crippen LogP contribution in [0.25, 0.3) is 0 Å². The highest BCUT2D eigenvalue weighted by molar-refractivity contribution is 5.74. The van der Waals surface area contributed by atoms with Gasteiger partial charge in [-0.25, -0.2) is 0 Å². The van der Waals surface area contributed by atoms with Gasteiger partial charge in [0.1, 0.15) is 6.04 Å². The largest absolute Gasteiger partial charge is 0.480 e. The minimum atomic E-state index is -0.788. The fraction of sp³-hybridized carbons (Fsp3) is 0.933. The molecule has 0 aromatic heterocycles. The molecule has 102 valence electrons. The Balaban J connectivity index is 1.91. The standard InChI is InChI=1S/C15H25NO2/c1-2-3-14-5-10-4-11(6-14)8-15(7-10,9-14)12(16)13(17)18/h10-12H,2-9,16H2,1H3,(H,17,18). The molecule has 3 N–H and O–H groups in total.